The molecule has 1 aliphatic carbocycles. The molecular formula is C27H25F5N6O2. The summed E-state index contributed by atoms with van der Waals surface area (Å²) < 4.78 is 73.2. The Balaban J connectivity index is 1.15. The summed E-state index contributed by atoms with van der Waals surface area (Å²) in [6.45, 7) is 0.653. The highest BCUT2D eigenvalue weighted by Gasteiger charge is 2.39. The first-order valence-corrected chi connectivity index (χ1v) is 13.1. The van der Waals surface area contributed by atoms with Gasteiger partial charge < -0.3 is 14.6 Å². The smallest absolute Gasteiger partial charge is 0.417 e. The number of aromatic nitrogens is 4. The van der Waals surface area contributed by atoms with E-state index < -0.39 is 23.7 Å². The predicted octanol–water partition coefficient (Wildman–Crippen LogP) is 5.81. The zero-order valence-corrected chi connectivity index (χ0v) is 21.2. The summed E-state index contributed by atoms with van der Waals surface area (Å²) >= 11 is 0. The van der Waals surface area contributed by atoms with E-state index in [0.717, 1.165) is 24.2 Å². The lowest BCUT2D eigenvalue weighted by molar-refractivity contribution is -0.157. The lowest BCUT2D eigenvalue weighted by atomic mass is 9.86. The van der Waals surface area contributed by atoms with Gasteiger partial charge in [0.2, 0.25) is 5.89 Å². The second kappa shape index (κ2) is 10.2. The Labute approximate surface area is 225 Å². The number of amides is 1. The Morgan fingerprint density at radius 2 is 1.82 bits per heavy atom. The van der Waals surface area contributed by atoms with Crippen molar-refractivity contribution in [3.63, 3.8) is 0 Å². The maximum absolute atomic E-state index is 14.6. The number of fused-ring (bicyclic) bond motifs is 1. The number of nitrogens with zero attached hydrogens (tertiary/aromatic N) is 5. The molecule has 210 valence electrons. The molecule has 1 saturated heterocycles. The van der Waals surface area contributed by atoms with Gasteiger partial charge in [-0.3, -0.25) is 4.79 Å². The Kier molecular flexibility index (Phi) is 6.67. The fraction of sp³-hybridized carbons (Fsp3) is 0.407. The molecule has 1 aliphatic heterocycles. The van der Waals surface area contributed by atoms with Gasteiger partial charge in [-0.1, -0.05) is 0 Å². The van der Waals surface area contributed by atoms with Crippen LogP contribution in [0.25, 0.3) is 5.52 Å². The first kappa shape index (κ1) is 26.2. The van der Waals surface area contributed by atoms with Crippen LogP contribution in [0.3, 0.4) is 0 Å². The van der Waals surface area contributed by atoms with E-state index >= 15 is 0 Å². The van der Waals surface area contributed by atoms with Crippen molar-refractivity contribution in [2.75, 3.05) is 11.4 Å². The summed E-state index contributed by atoms with van der Waals surface area (Å²) in [7, 11) is 0. The normalized spacial score (nSPS) is 21.7. The van der Waals surface area contributed by atoms with Crippen molar-refractivity contribution in [3.05, 3.63) is 77.3 Å². The molecule has 8 nitrogen and oxygen atoms in total. The molecule has 3 aromatic heterocycles. The summed E-state index contributed by atoms with van der Waals surface area (Å²) in [5.41, 5.74) is 2.00. The lowest BCUT2D eigenvalue weighted by Crippen LogP contribution is -2.37. The predicted molar refractivity (Wildman–Crippen MR) is 133 cm³/mol. The summed E-state index contributed by atoms with van der Waals surface area (Å²) in [5.74, 6) is -2.96. The molecular weight excluding hydrogens is 535 g/mol. The van der Waals surface area contributed by atoms with Crippen LogP contribution >= 0.6 is 0 Å². The molecule has 2 fully saturated rings. The Morgan fingerprint density at radius 1 is 1.02 bits per heavy atom. The van der Waals surface area contributed by atoms with Crippen LogP contribution in [0.1, 0.15) is 78.2 Å². The summed E-state index contributed by atoms with van der Waals surface area (Å²) in [4.78, 5) is 15.2. The average molecular weight is 561 g/mol. The fourth-order valence-electron chi connectivity index (χ4n) is 5.75. The average Bonchev–Trinajstić information content (AvgIpc) is 3.69. The summed E-state index contributed by atoms with van der Waals surface area (Å²) in [6, 6.07) is 6.62. The molecule has 2 aliphatic rings. The van der Waals surface area contributed by atoms with Gasteiger partial charge in [0, 0.05) is 36.0 Å². The summed E-state index contributed by atoms with van der Waals surface area (Å²) in [6.07, 6.45) is 2.07. The number of alkyl halides is 3. The van der Waals surface area contributed by atoms with Crippen LogP contribution in [-0.4, -0.2) is 38.3 Å². The van der Waals surface area contributed by atoms with Crippen LogP contribution in [0.4, 0.5) is 27.6 Å². The molecule has 4 aromatic rings. The van der Waals surface area contributed by atoms with Crippen molar-refractivity contribution in [1.82, 2.24) is 25.1 Å². The minimum atomic E-state index is -4.68. The number of pyridine rings is 1. The Hall–Kier alpha value is -4.03. The number of hydrogen-bond acceptors (Lipinski definition) is 6. The number of anilines is 1. The third-order valence-electron chi connectivity index (χ3n) is 7.75. The SMILES string of the molecule is O=C(NC1CCC(c2nnc(C(F)(F)F)o2)CC1)c1cnn2ccc(N3CCCC3c3cc(F)ccc3F)cc12. The monoisotopic (exact) mass is 560 g/mol. The number of halogens is 5. The Morgan fingerprint density at radius 3 is 2.58 bits per heavy atom. The highest BCUT2D eigenvalue weighted by atomic mass is 19.4. The molecule has 0 radical (unpaired) electrons. The van der Waals surface area contributed by atoms with Crippen LogP contribution < -0.4 is 10.2 Å². The molecule has 13 heteroatoms. The van der Waals surface area contributed by atoms with Gasteiger partial charge in [-0.05, 0) is 68.9 Å². The van der Waals surface area contributed by atoms with Gasteiger partial charge in [0.15, 0.2) is 0 Å². The molecule has 0 spiro atoms. The van der Waals surface area contributed by atoms with Crippen LogP contribution in [0, 0.1) is 11.6 Å². The first-order valence-electron chi connectivity index (χ1n) is 13.1. The maximum Gasteiger partial charge on any atom is 0.470 e. The van der Waals surface area contributed by atoms with E-state index in [2.05, 4.69) is 20.6 Å². The molecule has 6 rings (SSSR count). The van der Waals surface area contributed by atoms with E-state index in [9.17, 15) is 26.7 Å². The molecule has 4 heterocycles. The second-order valence-corrected chi connectivity index (χ2v) is 10.3. The van der Waals surface area contributed by atoms with Gasteiger partial charge >= 0.3 is 12.1 Å². The number of rotatable bonds is 5. The lowest BCUT2D eigenvalue weighted by Gasteiger charge is -2.28. The first-order chi connectivity index (χ1) is 19.2. The number of nitrogens with one attached hydrogen (secondary N) is 1. The molecule has 1 atom stereocenters. The van der Waals surface area contributed by atoms with Crippen LogP contribution in [0.5, 0.6) is 0 Å². The van der Waals surface area contributed by atoms with E-state index in [-0.39, 0.29) is 29.8 Å². The van der Waals surface area contributed by atoms with Gasteiger partial charge in [-0.15, -0.1) is 10.2 Å². The number of carbonyl (C=O) groups is 1. The number of hydrogen-bond donors (Lipinski definition) is 1. The van der Waals surface area contributed by atoms with Crippen molar-refractivity contribution in [2.24, 2.45) is 0 Å². The van der Waals surface area contributed by atoms with Gasteiger partial charge in [0.05, 0.1) is 23.3 Å². The van der Waals surface area contributed by atoms with Crippen molar-refractivity contribution in [1.29, 1.82) is 0 Å². The van der Waals surface area contributed by atoms with Crippen molar-refractivity contribution in [2.45, 2.75) is 62.7 Å². The van der Waals surface area contributed by atoms with Gasteiger partial charge in [-0.2, -0.15) is 18.3 Å². The van der Waals surface area contributed by atoms with Gasteiger partial charge in [0.25, 0.3) is 5.91 Å². The van der Waals surface area contributed by atoms with E-state index in [1.165, 1.54) is 12.3 Å². The molecule has 1 N–H and O–H groups in total. The van der Waals surface area contributed by atoms with Crippen LogP contribution in [0.15, 0.2) is 47.1 Å². The van der Waals surface area contributed by atoms with E-state index in [1.54, 1.807) is 10.7 Å². The molecule has 1 unspecified atom stereocenters. The van der Waals surface area contributed by atoms with E-state index in [4.69, 9.17) is 4.42 Å². The van der Waals surface area contributed by atoms with Crippen molar-refractivity contribution >= 4 is 17.1 Å². The molecule has 1 saturated carbocycles. The van der Waals surface area contributed by atoms with Crippen LogP contribution in [-0.2, 0) is 6.18 Å². The van der Waals surface area contributed by atoms with Gasteiger partial charge in [0.1, 0.15) is 11.6 Å². The number of benzene rings is 1. The Bertz CT molecular complexity index is 1540. The van der Waals surface area contributed by atoms with Crippen molar-refractivity contribution < 1.29 is 31.2 Å². The standard InChI is InChI=1S/C27H25F5N6O2/c28-16-5-8-21(29)19(12-16)22-2-1-10-37(22)18-9-11-38-23(13-18)20(14-33-38)24(39)34-17-6-3-15(4-7-17)25-35-36-26(40-25)27(30,31)32/h5,8-9,11-15,17,22H,1-4,6-7,10H2,(H,34,39). The number of carbonyl (C=O) groups excluding carboxylic acids is 1. The highest BCUT2D eigenvalue weighted by Crippen LogP contribution is 2.38. The van der Waals surface area contributed by atoms with E-state index in [1.807, 2.05) is 17.0 Å². The molecule has 0 bridgehead atoms. The molecule has 1 amide bonds. The largest absolute Gasteiger partial charge is 0.470 e. The fourth-order valence-corrected chi connectivity index (χ4v) is 5.75. The molecule has 40 heavy (non-hydrogen) atoms. The highest BCUT2D eigenvalue weighted by molar-refractivity contribution is 6.01. The topological polar surface area (TPSA) is 88.6 Å². The summed E-state index contributed by atoms with van der Waals surface area (Å²) in [5, 5.41) is 14.0. The molecule has 1 aromatic carbocycles. The zero-order valence-electron chi connectivity index (χ0n) is 21.2. The second-order valence-electron chi connectivity index (χ2n) is 10.3. The minimum Gasteiger partial charge on any atom is -0.417 e. The van der Waals surface area contributed by atoms with Crippen LogP contribution in [0.2, 0.25) is 0 Å². The third-order valence-corrected chi connectivity index (χ3v) is 7.75. The van der Waals surface area contributed by atoms with E-state index in [0.29, 0.717) is 55.3 Å². The quantitative estimate of drug-likeness (QED) is 0.310. The maximum atomic E-state index is 14.6. The van der Waals surface area contributed by atoms with Crippen molar-refractivity contribution in [3.8, 4) is 0 Å². The zero-order chi connectivity index (χ0) is 28.0. The minimum absolute atomic E-state index is 0.0365. The third kappa shape index (κ3) is 5.00. The van der Waals surface area contributed by atoms with Gasteiger partial charge in [-0.25, -0.2) is 13.3 Å².